The Kier molecular flexibility index (Phi) is 5.26. The predicted octanol–water partition coefficient (Wildman–Crippen LogP) is 3.24. The van der Waals surface area contributed by atoms with Crippen LogP contribution in [-0.4, -0.2) is 36.7 Å². The molecule has 0 aromatic heterocycles. The minimum Gasteiger partial charge on any atom is -0.345 e. The molecular formula is C21H23N3O3. The van der Waals surface area contributed by atoms with Gasteiger partial charge in [-0.15, -0.1) is 0 Å². The van der Waals surface area contributed by atoms with Gasteiger partial charge in [0.2, 0.25) is 5.91 Å². The lowest BCUT2D eigenvalue weighted by molar-refractivity contribution is -0.117. The molecule has 6 nitrogen and oxygen atoms in total. The van der Waals surface area contributed by atoms with Gasteiger partial charge >= 0.3 is 0 Å². The standard InChI is InChI=1S/C21H23N3O3/c1-13-11-17(13)20(26)22-15-8-6-7-14(12-15)19(25)23-18-10-5-4-9-16(18)21(27)24(2)3/h4-10,12-13,17H,11H2,1-3H3,(H,22,26)(H,23,25)/t13-,17+/m1/s1. The van der Waals surface area contributed by atoms with E-state index >= 15 is 0 Å². The molecule has 6 heteroatoms. The lowest BCUT2D eigenvalue weighted by atomic mass is 10.1. The molecular weight excluding hydrogens is 342 g/mol. The van der Waals surface area contributed by atoms with Crippen LogP contribution in [0.2, 0.25) is 0 Å². The average Bonchev–Trinajstić information content (AvgIpc) is 3.38. The van der Waals surface area contributed by atoms with Gasteiger partial charge in [-0.3, -0.25) is 14.4 Å². The number of amides is 3. The summed E-state index contributed by atoms with van der Waals surface area (Å²) in [4.78, 5) is 38.5. The van der Waals surface area contributed by atoms with Gasteiger partial charge in [0, 0.05) is 31.3 Å². The van der Waals surface area contributed by atoms with Gasteiger partial charge in [-0.2, -0.15) is 0 Å². The van der Waals surface area contributed by atoms with Crippen molar-refractivity contribution in [3.8, 4) is 0 Å². The first-order valence-corrected chi connectivity index (χ1v) is 8.89. The molecule has 27 heavy (non-hydrogen) atoms. The van der Waals surface area contributed by atoms with Gasteiger partial charge in [0.25, 0.3) is 11.8 Å². The van der Waals surface area contributed by atoms with Gasteiger partial charge in [-0.1, -0.05) is 25.1 Å². The van der Waals surface area contributed by atoms with Gasteiger partial charge in [0.05, 0.1) is 11.3 Å². The molecule has 0 bridgehead atoms. The van der Waals surface area contributed by atoms with E-state index in [1.54, 1.807) is 62.6 Å². The molecule has 140 valence electrons. The van der Waals surface area contributed by atoms with E-state index in [1.807, 2.05) is 6.92 Å². The first kappa shape index (κ1) is 18.6. The van der Waals surface area contributed by atoms with E-state index in [0.29, 0.717) is 28.4 Å². The molecule has 2 aromatic carbocycles. The topological polar surface area (TPSA) is 78.5 Å². The van der Waals surface area contributed by atoms with Crippen LogP contribution in [0.25, 0.3) is 0 Å². The number of hydrogen-bond acceptors (Lipinski definition) is 3. The van der Waals surface area contributed by atoms with Gasteiger partial charge < -0.3 is 15.5 Å². The van der Waals surface area contributed by atoms with E-state index in [2.05, 4.69) is 10.6 Å². The summed E-state index contributed by atoms with van der Waals surface area (Å²) in [6.45, 7) is 2.04. The molecule has 1 aliphatic rings. The van der Waals surface area contributed by atoms with Crippen LogP contribution in [0.15, 0.2) is 48.5 Å². The van der Waals surface area contributed by atoms with Gasteiger partial charge in [-0.05, 0) is 42.7 Å². The van der Waals surface area contributed by atoms with E-state index in [9.17, 15) is 14.4 Å². The zero-order valence-corrected chi connectivity index (χ0v) is 15.7. The van der Waals surface area contributed by atoms with Crippen molar-refractivity contribution in [1.82, 2.24) is 4.90 Å². The Morgan fingerprint density at radius 2 is 1.70 bits per heavy atom. The number of carbonyl (C=O) groups is 3. The highest BCUT2D eigenvalue weighted by atomic mass is 16.2. The first-order chi connectivity index (χ1) is 12.9. The number of benzene rings is 2. The van der Waals surface area contributed by atoms with Crippen LogP contribution in [0.4, 0.5) is 11.4 Å². The summed E-state index contributed by atoms with van der Waals surface area (Å²) >= 11 is 0. The Balaban J connectivity index is 1.74. The summed E-state index contributed by atoms with van der Waals surface area (Å²) in [7, 11) is 3.32. The number of hydrogen-bond donors (Lipinski definition) is 2. The van der Waals surface area contributed by atoms with Crippen molar-refractivity contribution in [3.05, 3.63) is 59.7 Å². The molecule has 0 unspecified atom stereocenters. The molecule has 1 saturated carbocycles. The molecule has 0 aliphatic heterocycles. The summed E-state index contributed by atoms with van der Waals surface area (Å²) < 4.78 is 0. The SMILES string of the molecule is C[C@@H]1C[C@@H]1C(=O)Nc1cccc(C(=O)Nc2ccccc2C(=O)N(C)C)c1. The fourth-order valence-electron chi connectivity index (χ4n) is 2.87. The predicted molar refractivity (Wildman–Crippen MR) is 105 cm³/mol. The van der Waals surface area contributed by atoms with Crippen LogP contribution < -0.4 is 10.6 Å². The zero-order chi connectivity index (χ0) is 19.6. The summed E-state index contributed by atoms with van der Waals surface area (Å²) in [6.07, 6.45) is 0.905. The molecule has 3 amide bonds. The van der Waals surface area contributed by atoms with E-state index in [1.165, 1.54) is 4.90 Å². The second-order valence-electron chi connectivity index (χ2n) is 7.09. The number of rotatable bonds is 5. The Morgan fingerprint density at radius 3 is 2.37 bits per heavy atom. The third-order valence-corrected chi connectivity index (χ3v) is 4.65. The minimum absolute atomic E-state index is 0.0121. The fourth-order valence-corrected chi connectivity index (χ4v) is 2.87. The van der Waals surface area contributed by atoms with Crippen molar-refractivity contribution in [2.24, 2.45) is 11.8 Å². The lowest BCUT2D eigenvalue weighted by Crippen LogP contribution is -2.24. The van der Waals surface area contributed by atoms with Crippen molar-refractivity contribution >= 4 is 29.1 Å². The molecule has 0 spiro atoms. The molecule has 2 N–H and O–H groups in total. The highest BCUT2D eigenvalue weighted by Gasteiger charge is 2.39. The Bertz CT molecular complexity index is 892. The average molecular weight is 365 g/mol. The molecule has 1 aliphatic carbocycles. The third-order valence-electron chi connectivity index (χ3n) is 4.65. The Labute approximate surface area is 158 Å². The molecule has 3 rings (SSSR count). The van der Waals surface area contributed by atoms with Crippen LogP contribution >= 0.6 is 0 Å². The quantitative estimate of drug-likeness (QED) is 0.854. The molecule has 0 saturated heterocycles. The number of para-hydroxylation sites is 1. The monoisotopic (exact) mass is 365 g/mol. The van der Waals surface area contributed by atoms with Crippen molar-refractivity contribution in [1.29, 1.82) is 0 Å². The van der Waals surface area contributed by atoms with Crippen LogP contribution in [-0.2, 0) is 4.79 Å². The smallest absolute Gasteiger partial charge is 0.255 e. The number of anilines is 2. The Hall–Kier alpha value is -3.15. The van der Waals surface area contributed by atoms with Crippen LogP contribution in [0, 0.1) is 11.8 Å². The van der Waals surface area contributed by atoms with Crippen molar-refractivity contribution in [3.63, 3.8) is 0 Å². The van der Waals surface area contributed by atoms with E-state index in [0.717, 1.165) is 6.42 Å². The molecule has 0 heterocycles. The van der Waals surface area contributed by atoms with Gasteiger partial charge in [0.1, 0.15) is 0 Å². The van der Waals surface area contributed by atoms with Gasteiger partial charge in [-0.25, -0.2) is 0 Å². The van der Waals surface area contributed by atoms with Crippen LogP contribution in [0.3, 0.4) is 0 Å². The fraction of sp³-hybridized carbons (Fsp3) is 0.286. The van der Waals surface area contributed by atoms with E-state index in [4.69, 9.17) is 0 Å². The lowest BCUT2D eigenvalue weighted by Gasteiger charge is -2.15. The largest absolute Gasteiger partial charge is 0.345 e. The van der Waals surface area contributed by atoms with Gasteiger partial charge in [0.15, 0.2) is 0 Å². The number of nitrogens with one attached hydrogen (secondary N) is 2. The normalized spacial score (nSPS) is 17.7. The van der Waals surface area contributed by atoms with Crippen molar-refractivity contribution in [2.75, 3.05) is 24.7 Å². The molecule has 0 radical (unpaired) electrons. The van der Waals surface area contributed by atoms with E-state index < -0.39 is 0 Å². The molecule has 1 fully saturated rings. The van der Waals surface area contributed by atoms with Crippen LogP contribution in [0.5, 0.6) is 0 Å². The van der Waals surface area contributed by atoms with E-state index in [-0.39, 0.29) is 23.6 Å². The first-order valence-electron chi connectivity index (χ1n) is 8.89. The number of carbonyl (C=O) groups excluding carboxylic acids is 3. The maximum absolute atomic E-state index is 12.6. The third kappa shape index (κ3) is 4.34. The second kappa shape index (κ2) is 7.61. The highest BCUT2D eigenvalue weighted by molar-refractivity contribution is 6.09. The maximum Gasteiger partial charge on any atom is 0.255 e. The zero-order valence-electron chi connectivity index (χ0n) is 15.7. The summed E-state index contributed by atoms with van der Waals surface area (Å²) in [5.41, 5.74) is 1.86. The Morgan fingerprint density at radius 1 is 1.00 bits per heavy atom. The molecule has 2 aromatic rings. The maximum atomic E-state index is 12.6. The summed E-state index contributed by atoms with van der Waals surface area (Å²) in [5, 5.41) is 5.64. The summed E-state index contributed by atoms with van der Waals surface area (Å²) in [6, 6.07) is 13.7. The summed E-state index contributed by atoms with van der Waals surface area (Å²) in [5.74, 6) is -0.0639. The van der Waals surface area contributed by atoms with Crippen LogP contribution in [0.1, 0.15) is 34.1 Å². The van der Waals surface area contributed by atoms with Crippen molar-refractivity contribution < 1.29 is 14.4 Å². The minimum atomic E-state index is -0.343. The second-order valence-corrected chi connectivity index (χ2v) is 7.09. The highest BCUT2D eigenvalue weighted by Crippen LogP contribution is 2.38. The number of nitrogens with zero attached hydrogens (tertiary/aromatic N) is 1. The van der Waals surface area contributed by atoms with Crippen molar-refractivity contribution in [2.45, 2.75) is 13.3 Å². The molecule has 2 atom stereocenters.